The molecule has 10 heteroatoms. The number of benzene rings is 1. The highest BCUT2D eigenvalue weighted by atomic mass is 19.1. The number of amides is 2. The average Bonchev–Trinajstić information content (AvgIpc) is 3.49. The summed E-state index contributed by atoms with van der Waals surface area (Å²) in [5.41, 5.74) is 6.11. The van der Waals surface area contributed by atoms with E-state index in [0.717, 1.165) is 34.5 Å². The lowest BCUT2D eigenvalue weighted by Gasteiger charge is -2.30. The molecule has 0 bridgehead atoms. The second kappa shape index (κ2) is 8.63. The van der Waals surface area contributed by atoms with Gasteiger partial charge in [0.05, 0.1) is 47.9 Å². The lowest BCUT2D eigenvalue weighted by Crippen LogP contribution is -2.38. The molecule has 0 spiro atoms. The molecule has 3 aliphatic rings. The predicted molar refractivity (Wildman–Crippen MR) is 137 cm³/mol. The van der Waals surface area contributed by atoms with Crippen molar-refractivity contribution in [3.8, 4) is 11.3 Å². The third-order valence-corrected chi connectivity index (χ3v) is 7.83. The Morgan fingerprint density at radius 3 is 2.95 bits per heavy atom. The summed E-state index contributed by atoms with van der Waals surface area (Å²) in [6, 6.07) is 10.5. The van der Waals surface area contributed by atoms with Gasteiger partial charge in [0, 0.05) is 43.9 Å². The molecule has 38 heavy (non-hydrogen) atoms. The predicted octanol–water partition coefficient (Wildman–Crippen LogP) is 3.61. The van der Waals surface area contributed by atoms with E-state index in [4.69, 9.17) is 9.72 Å². The van der Waals surface area contributed by atoms with E-state index in [2.05, 4.69) is 15.6 Å². The largest absolute Gasteiger partial charge is 0.381 e. The van der Waals surface area contributed by atoms with Crippen LogP contribution in [-0.2, 0) is 22.6 Å². The Morgan fingerprint density at radius 1 is 1.16 bits per heavy atom. The zero-order valence-corrected chi connectivity index (χ0v) is 20.7. The minimum Gasteiger partial charge on any atom is -0.381 e. The van der Waals surface area contributed by atoms with Gasteiger partial charge in [-0.2, -0.15) is 0 Å². The SMILES string of the molecule is CN1Cc2nc(Nc3ccc(-c4cnc5cc(F)ccn45)c4c3C(=O)NC4)ccc2[C@H]2CCOC[C@@H]2C1=O. The molecule has 3 aliphatic heterocycles. The molecule has 4 aromatic rings. The van der Waals surface area contributed by atoms with Crippen LogP contribution < -0.4 is 10.6 Å². The summed E-state index contributed by atoms with van der Waals surface area (Å²) < 4.78 is 21.1. The number of carbonyl (C=O) groups excluding carboxylic acids is 2. The van der Waals surface area contributed by atoms with Gasteiger partial charge < -0.3 is 20.3 Å². The summed E-state index contributed by atoms with van der Waals surface area (Å²) >= 11 is 0. The quantitative estimate of drug-likeness (QED) is 0.435. The number of hydrogen-bond acceptors (Lipinski definition) is 6. The molecular formula is C28H25FN6O3. The molecule has 1 aromatic carbocycles. The standard InChI is InChI=1S/C28H25FN6O3/c1-34-13-22-17(16-7-9-38-14-20(16)28(34)37)3-5-24(33-22)32-21-4-2-18(19-11-31-27(36)26(19)21)23-12-30-25-10-15(29)6-8-35(23)25/h2-6,8,10,12,16,20H,7,9,11,13-14H2,1H3,(H,31,36)(H,32,33)/t16-,20+/m1/s1. The smallest absolute Gasteiger partial charge is 0.254 e. The number of nitrogens with zero attached hydrogens (tertiary/aromatic N) is 4. The number of fused-ring (bicyclic) bond motifs is 5. The molecule has 3 aromatic heterocycles. The van der Waals surface area contributed by atoms with Crippen molar-refractivity contribution < 1.29 is 18.7 Å². The van der Waals surface area contributed by atoms with Crippen molar-refractivity contribution in [1.82, 2.24) is 24.6 Å². The summed E-state index contributed by atoms with van der Waals surface area (Å²) in [6.45, 7) is 1.86. The lowest BCUT2D eigenvalue weighted by atomic mass is 9.82. The molecule has 1 fully saturated rings. The molecule has 6 heterocycles. The van der Waals surface area contributed by atoms with Gasteiger partial charge in [0.2, 0.25) is 5.91 Å². The van der Waals surface area contributed by atoms with Gasteiger partial charge in [0.25, 0.3) is 5.91 Å². The van der Waals surface area contributed by atoms with Gasteiger partial charge in [0.1, 0.15) is 17.3 Å². The number of hydrogen-bond donors (Lipinski definition) is 2. The second-order valence-corrected chi connectivity index (χ2v) is 10.0. The van der Waals surface area contributed by atoms with Gasteiger partial charge in [-0.15, -0.1) is 0 Å². The Bertz CT molecular complexity index is 1630. The molecule has 0 radical (unpaired) electrons. The van der Waals surface area contributed by atoms with Crippen LogP contribution in [-0.4, -0.2) is 51.3 Å². The maximum atomic E-state index is 13.7. The molecule has 0 aliphatic carbocycles. The summed E-state index contributed by atoms with van der Waals surface area (Å²) in [5, 5.41) is 6.27. The third-order valence-electron chi connectivity index (χ3n) is 7.83. The maximum Gasteiger partial charge on any atom is 0.254 e. The fourth-order valence-corrected chi connectivity index (χ4v) is 5.97. The van der Waals surface area contributed by atoms with E-state index in [1.165, 1.54) is 12.1 Å². The molecule has 2 amide bonds. The van der Waals surface area contributed by atoms with Gasteiger partial charge in [-0.3, -0.25) is 14.0 Å². The van der Waals surface area contributed by atoms with E-state index < -0.39 is 0 Å². The minimum atomic E-state index is -0.354. The summed E-state index contributed by atoms with van der Waals surface area (Å²) in [6.07, 6.45) is 4.12. The van der Waals surface area contributed by atoms with Crippen molar-refractivity contribution in [3.05, 3.63) is 77.0 Å². The number of aromatic nitrogens is 3. The normalized spacial score (nSPS) is 20.5. The summed E-state index contributed by atoms with van der Waals surface area (Å²) in [4.78, 5) is 36.8. The highest BCUT2D eigenvalue weighted by Gasteiger charge is 2.39. The van der Waals surface area contributed by atoms with Crippen molar-refractivity contribution in [2.45, 2.75) is 25.4 Å². The van der Waals surface area contributed by atoms with Crippen molar-refractivity contribution in [3.63, 3.8) is 0 Å². The van der Waals surface area contributed by atoms with Gasteiger partial charge in [0.15, 0.2) is 0 Å². The second-order valence-electron chi connectivity index (χ2n) is 10.0. The van der Waals surface area contributed by atoms with Crippen molar-refractivity contribution in [2.24, 2.45) is 5.92 Å². The number of pyridine rings is 2. The van der Waals surface area contributed by atoms with E-state index in [1.807, 2.05) is 28.7 Å². The molecule has 192 valence electrons. The first-order valence-corrected chi connectivity index (χ1v) is 12.6. The number of rotatable bonds is 3. The first-order valence-electron chi connectivity index (χ1n) is 12.6. The first-order chi connectivity index (χ1) is 18.5. The van der Waals surface area contributed by atoms with Crippen LogP contribution in [0.1, 0.15) is 39.5 Å². The van der Waals surface area contributed by atoms with Crippen molar-refractivity contribution >= 4 is 29.0 Å². The van der Waals surface area contributed by atoms with Crippen LogP contribution >= 0.6 is 0 Å². The lowest BCUT2D eigenvalue weighted by molar-refractivity contribution is -0.139. The average molecular weight is 513 g/mol. The van der Waals surface area contributed by atoms with Crippen LogP contribution in [0, 0.1) is 11.7 Å². The number of imidazole rings is 1. The van der Waals surface area contributed by atoms with E-state index >= 15 is 0 Å². The van der Waals surface area contributed by atoms with Crippen LogP contribution in [0.15, 0.2) is 48.8 Å². The van der Waals surface area contributed by atoms with Gasteiger partial charge in [-0.1, -0.05) is 12.1 Å². The molecule has 9 nitrogen and oxygen atoms in total. The highest BCUT2D eigenvalue weighted by molar-refractivity contribution is 6.06. The molecule has 2 N–H and O–H groups in total. The van der Waals surface area contributed by atoms with Crippen LogP contribution in [0.5, 0.6) is 0 Å². The van der Waals surface area contributed by atoms with Crippen molar-refractivity contribution in [2.75, 3.05) is 25.6 Å². The molecule has 0 unspecified atom stereocenters. The van der Waals surface area contributed by atoms with Gasteiger partial charge in [-0.25, -0.2) is 14.4 Å². The maximum absolute atomic E-state index is 13.7. The highest BCUT2D eigenvalue weighted by Crippen LogP contribution is 2.39. The van der Waals surface area contributed by atoms with Crippen LogP contribution in [0.3, 0.4) is 0 Å². The topological polar surface area (TPSA) is 101 Å². The number of ether oxygens (including phenoxy) is 1. The fraction of sp³-hybridized carbons (Fsp3) is 0.286. The van der Waals surface area contributed by atoms with Crippen LogP contribution in [0.25, 0.3) is 16.9 Å². The van der Waals surface area contributed by atoms with Crippen molar-refractivity contribution in [1.29, 1.82) is 0 Å². The molecule has 0 saturated carbocycles. The van der Waals surface area contributed by atoms with Gasteiger partial charge >= 0.3 is 0 Å². The Balaban J connectivity index is 1.26. The molecule has 2 atom stereocenters. The summed E-state index contributed by atoms with van der Waals surface area (Å²) in [7, 11) is 1.80. The molecule has 7 rings (SSSR count). The zero-order valence-electron chi connectivity index (χ0n) is 20.7. The first kappa shape index (κ1) is 22.9. The Labute approximate surface area is 217 Å². The number of carbonyl (C=O) groups is 2. The summed E-state index contributed by atoms with van der Waals surface area (Å²) in [5.74, 6) is 0.0662. The Kier molecular flexibility index (Phi) is 5.19. The molecule has 1 saturated heterocycles. The Hall–Kier alpha value is -4.31. The fourth-order valence-electron chi connectivity index (χ4n) is 5.97. The monoisotopic (exact) mass is 512 g/mol. The number of nitrogens with one attached hydrogen (secondary N) is 2. The van der Waals surface area contributed by atoms with Gasteiger partial charge in [-0.05, 0) is 35.7 Å². The van der Waals surface area contributed by atoms with E-state index in [-0.39, 0.29) is 29.5 Å². The minimum absolute atomic E-state index is 0.0856. The zero-order chi connectivity index (χ0) is 26.0. The van der Waals surface area contributed by atoms with Crippen LogP contribution in [0.2, 0.25) is 0 Å². The number of anilines is 2. The molecular weight excluding hydrogens is 487 g/mol. The van der Waals surface area contributed by atoms with Crippen LogP contribution in [0.4, 0.5) is 15.9 Å². The Morgan fingerprint density at radius 2 is 2.05 bits per heavy atom. The van der Waals surface area contributed by atoms with E-state index in [0.29, 0.717) is 49.0 Å². The van der Waals surface area contributed by atoms with E-state index in [9.17, 15) is 14.0 Å². The third kappa shape index (κ3) is 3.55. The van der Waals surface area contributed by atoms with E-state index in [1.54, 1.807) is 24.3 Å². The number of halogens is 1.